The van der Waals surface area contributed by atoms with Gasteiger partial charge in [0.25, 0.3) is 0 Å². The summed E-state index contributed by atoms with van der Waals surface area (Å²) in [7, 11) is 0. The number of ketones is 2. The highest BCUT2D eigenvalue weighted by Crippen LogP contribution is 2.64. The zero-order chi connectivity index (χ0) is 23.0. The van der Waals surface area contributed by atoms with Crippen molar-refractivity contribution in [3.8, 4) is 11.5 Å². The number of aromatic hydroxyl groups is 2. The van der Waals surface area contributed by atoms with Gasteiger partial charge in [-0.2, -0.15) is 0 Å². The predicted octanol–water partition coefficient (Wildman–Crippen LogP) is 3.78. The normalized spacial score (nSPS) is 33.3. The molecule has 5 atom stereocenters. The van der Waals surface area contributed by atoms with Crippen LogP contribution in [-0.2, 0) is 15.0 Å². The minimum Gasteiger partial charge on any atom is -0.508 e. The summed E-state index contributed by atoms with van der Waals surface area (Å²) in [6, 6.07) is 13.1. The smallest absolute Gasteiger partial charge is 0.173 e. The van der Waals surface area contributed by atoms with Crippen LogP contribution in [0.1, 0.15) is 31.9 Å². The molecule has 2 aromatic carbocycles. The average Bonchev–Trinajstić information content (AvgIpc) is 3.06. The summed E-state index contributed by atoms with van der Waals surface area (Å²) in [4.78, 5) is 27.6. The third kappa shape index (κ3) is 2.54. The first kappa shape index (κ1) is 20.7. The number of carbonyl (C=O) groups excluding carboxylic acids is 2. The van der Waals surface area contributed by atoms with E-state index in [1.54, 1.807) is 36.4 Å². The van der Waals surface area contributed by atoms with Crippen LogP contribution in [0.15, 0.2) is 66.3 Å². The number of allylic oxidation sites excluding steroid dienone is 3. The second-order valence-corrected chi connectivity index (χ2v) is 9.72. The summed E-state index contributed by atoms with van der Waals surface area (Å²) >= 11 is 0. The van der Waals surface area contributed by atoms with Crippen molar-refractivity contribution in [1.29, 1.82) is 0 Å². The minimum absolute atomic E-state index is 0.0683. The van der Waals surface area contributed by atoms with Crippen LogP contribution < -0.4 is 0 Å². The van der Waals surface area contributed by atoms with Crippen molar-refractivity contribution in [2.45, 2.75) is 31.8 Å². The molecule has 1 fully saturated rings. The first-order chi connectivity index (χ1) is 15.1. The van der Waals surface area contributed by atoms with Gasteiger partial charge < -0.3 is 15.3 Å². The molecule has 5 nitrogen and oxygen atoms in total. The number of aliphatic hydroxyl groups is 1. The van der Waals surface area contributed by atoms with Crippen molar-refractivity contribution in [1.82, 2.24) is 0 Å². The molecule has 1 saturated carbocycles. The second kappa shape index (κ2) is 6.66. The van der Waals surface area contributed by atoms with Crippen molar-refractivity contribution < 1.29 is 24.9 Å². The monoisotopic (exact) mass is 430 g/mol. The van der Waals surface area contributed by atoms with E-state index in [2.05, 4.69) is 0 Å². The van der Waals surface area contributed by atoms with Crippen molar-refractivity contribution >= 4 is 17.1 Å². The summed E-state index contributed by atoms with van der Waals surface area (Å²) in [6.45, 7) is 5.57. The molecule has 5 heteroatoms. The Morgan fingerprint density at radius 1 is 0.906 bits per heavy atom. The molecule has 0 saturated heterocycles. The fourth-order valence-electron chi connectivity index (χ4n) is 6.07. The van der Waals surface area contributed by atoms with Gasteiger partial charge in [-0.25, -0.2) is 0 Å². The molecular weight excluding hydrogens is 404 g/mol. The van der Waals surface area contributed by atoms with Crippen LogP contribution in [0.5, 0.6) is 11.5 Å². The lowest BCUT2D eigenvalue weighted by molar-refractivity contribution is -0.161. The molecule has 2 bridgehead atoms. The minimum atomic E-state index is -1.64. The maximum Gasteiger partial charge on any atom is 0.173 e. The number of rotatable bonds is 3. The highest BCUT2D eigenvalue weighted by atomic mass is 16.3. The first-order valence-corrected chi connectivity index (χ1v) is 10.9. The summed E-state index contributed by atoms with van der Waals surface area (Å²) in [5.41, 5.74) is 0.276. The van der Waals surface area contributed by atoms with E-state index in [1.165, 1.54) is 19.1 Å². The maximum atomic E-state index is 13.9. The summed E-state index contributed by atoms with van der Waals surface area (Å²) in [6.07, 6.45) is 3.85. The van der Waals surface area contributed by atoms with Crippen LogP contribution in [0, 0.1) is 23.7 Å². The van der Waals surface area contributed by atoms with Gasteiger partial charge in [0, 0.05) is 22.8 Å². The van der Waals surface area contributed by atoms with Gasteiger partial charge >= 0.3 is 0 Å². The summed E-state index contributed by atoms with van der Waals surface area (Å²) < 4.78 is 0. The molecule has 164 valence electrons. The van der Waals surface area contributed by atoms with Gasteiger partial charge in [0.1, 0.15) is 17.1 Å². The Balaban J connectivity index is 1.82. The molecule has 4 unspecified atom stereocenters. The number of hydrogen-bond donors (Lipinski definition) is 3. The van der Waals surface area contributed by atoms with E-state index in [0.717, 1.165) is 11.1 Å². The highest BCUT2D eigenvalue weighted by molar-refractivity contribution is 6.26. The van der Waals surface area contributed by atoms with Crippen molar-refractivity contribution in [3.05, 3.63) is 77.4 Å². The predicted molar refractivity (Wildman–Crippen MR) is 120 cm³/mol. The zero-order valence-corrected chi connectivity index (χ0v) is 18.2. The number of fused-ring (bicyclic) bond motifs is 1. The fourth-order valence-corrected chi connectivity index (χ4v) is 6.07. The van der Waals surface area contributed by atoms with Crippen LogP contribution in [0.4, 0.5) is 0 Å². The standard InChI is InChI=1S/C27H26O5/c1-14(2)19-12-21-23-24(30)20(15-4-8-17(28)9-5-15)13-27(23,16-6-10-18(29)11-7-16)22(19)25(31)26(21,3)32/h4-14,21-23,28-29,32H,1-3H3/t21?,22?,23-,26?,27?/m0/s1. The van der Waals surface area contributed by atoms with Crippen LogP contribution in [0.25, 0.3) is 5.57 Å². The Kier molecular flexibility index (Phi) is 4.31. The highest BCUT2D eigenvalue weighted by Gasteiger charge is 2.70. The zero-order valence-electron chi connectivity index (χ0n) is 18.2. The van der Waals surface area contributed by atoms with Crippen molar-refractivity contribution in [3.63, 3.8) is 0 Å². The van der Waals surface area contributed by atoms with E-state index in [1.807, 2.05) is 26.0 Å². The maximum absolute atomic E-state index is 13.9. The molecule has 0 aromatic heterocycles. The third-order valence-electron chi connectivity index (χ3n) is 7.61. The lowest BCUT2D eigenvalue weighted by atomic mass is 9.44. The van der Waals surface area contributed by atoms with Gasteiger partial charge in [0.2, 0.25) is 0 Å². The number of benzene rings is 2. The van der Waals surface area contributed by atoms with Gasteiger partial charge in [-0.05, 0) is 48.2 Å². The van der Waals surface area contributed by atoms with Gasteiger partial charge in [-0.15, -0.1) is 0 Å². The molecule has 0 spiro atoms. The largest absolute Gasteiger partial charge is 0.508 e. The molecule has 4 aliphatic rings. The van der Waals surface area contributed by atoms with Gasteiger partial charge in [0.15, 0.2) is 11.6 Å². The van der Waals surface area contributed by atoms with E-state index in [-0.39, 0.29) is 29.0 Å². The average molecular weight is 431 g/mol. The van der Waals surface area contributed by atoms with Crippen LogP contribution in [-0.4, -0.2) is 32.5 Å². The Bertz CT molecular complexity index is 1180. The molecule has 0 radical (unpaired) electrons. The van der Waals surface area contributed by atoms with Crippen LogP contribution in [0.2, 0.25) is 0 Å². The fraction of sp³-hybridized carbons (Fsp3) is 0.333. The molecule has 0 amide bonds. The molecule has 32 heavy (non-hydrogen) atoms. The molecule has 6 rings (SSSR count). The number of phenolic OH excluding ortho intramolecular Hbond substituents is 2. The number of carbonyl (C=O) groups is 2. The molecule has 0 heterocycles. The lowest BCUT2D eigenvalue weighted by Crippen LogP contribution is -2.66. The number of hydrogen-bond acceptors (Lipinski definition) is 5. The van der Waals surface area contributed by atoms with Crippen molar-refractivity contribution in [2.24, 2.45) is 23.7 Å². The molecule has 0 aliphatic heterocycles. The topological polar surface area (TPSA) is 94.8 Å². The molecule has 4 aliphatic carbocycles. The second-order valence-electron chi connectivity index (χ2n) is 9.72. The van der Waals surface area contributed by atoms with E-state index >= 15 is 0 Å². The van der Waals surface area contributed by atoms with E-state index in [4.69, 9.17) is 0 Å². The van der Waals surface area contributed by atoms with Gasteiger partial charge in [0.05, 0.1) is 5.92 Å². The SMILES string of the molecule is CC(C)C1=CC2[C@H]3C(=O)C(c4ccc(O)cc4)=CC3(c3ccc(O)cc3)C1C(=O)C2(C)O. The third-order valence-corrected chi connectivity index (χ3v) is 7.61. The summed E-state index contributed by atoms with van der Waals surface area (Å²) in [5.74, 6) is -2.10. The van der Waals surface area contributed by atoms with E-state index in [0.29, 0.717) is 11.1 Å². The van der Waals surface area contributed by atoms with Crippen LogP contribution in [0.3, 0.4) is 0 Å². The van der Waals surface area contributed by atoms with Crippen LogP contribution >= 0.6 is 0 Å². The molecule has 3 N–H and O–H groups in total. The summed E-state index contributed by atoms with van der Waals surface area (Å²) in [5, 5.41) is 30.8. The Morgan fingerprint density at radius 3 is 2.03 bits per heavy atom. The van der Waals surface area contributed by atoms with Gasteiger partial charge in [-0.3, -0.25) is 9.59 Å². The number of Topliss-reactive ketones (excluding diaryl/α,β-unsaturated/α-hetero) is 2. The first-order valence-electron chi connectivity index (χ1n) is 10.9. The van der Waals surface area contributed by atoms with E-state index in [9.17, 15) is 24.9 Å². The van der Waals surface area contributed by atoms with Crippen molar-refractivity contribution in [2.75, 3.05) is 0 Å². The van der Waals surface area contributed by atoms with E-state index < -0.39 is 28.8 Å². The number of phenols is 2. The Labute approximate surface area is 186 Å². The molecule has 2 aromatic rings. The quantitative estimate of drug-likeness (QED) is 0.644. The Hall–Kier alpha value is -3.18. The van der Waals surface area contributed by atoms with Gasteiger partial charge in [-0.1, -0.05) is 55.8 Å². The molecular formula is C27H26O5. The Morgan fingerprint density at radius 2 is 1.47 bits per heavy atom. The lowest BCUT2D eigenvalue weighted by Gasteiger charge is -2.57.